The molecule has 2 amide bonds. The molecule has 0 aliphatic heterocycles. The topological polar surface area (TPSA) is 124 Å². The summed E-state index contributed by atoms with van der Waals surface area (Å²) in [7, 11) is 1.58. The molecule has 3 aromatic rings. The molecule has 0 saturated heterocycles. The standard InChI is InChI=1S/C28H30N4O4S.C2H6/c1-28(2,15-17-33)36-27(35)32-24-18-20(37-25-10-5-4-9-22(25)26(34)30-3)12-13-21(24)23(29)14-11-19-8-6-7-16-31-19;1-2/h4-14,16,18,29,33H,15,17H2,1-3H3,(H,30,34)(H,32,35);1-2H3/b14-11+,29-23?;. The number of nitrogens with one attached hydrogen (secondary N) is 3. The Morgan fingerprint density at radius 3 is 2.46 bits per heavy atom. The molecule has 3 rings (SSSR count). The Morgan fingerprint density at radius 2 is 1.79 bits per heavy atom. The number of amides is 2. The summed E-state index contributed by atoms with van der Waals surface area (Å²) in [4.78, 5) is 30.8. The second-order valence-corrected chi connectivity index (χ2v) is 9.75. The lowest BCUT2D eigenvalue weighted by atomic mass is 10.1. The van der Waals surface area contributed by atoms with Gasteiger partial charge in [0.05, 0.1) is 22.7 Å². The van der Waals surface area contributed by atoms with Crippen LogP contribution < -0.4 is 10.6 Å². The largest absolute Gasteiger partial charge is 0.443 e. The average Bonchev–Trinajstić information content (AvgIpc) is 2.93. The van der Waals surface area contributed by atoms with Crippen molar-refractivity contribution in [2.75, 3.05) is 19.0 Å². The van der Waals surface area contributed by atoms with Crippen LogP contribution in [0.15, 0.2) is 82.7 Å². The number of hydrogen-bond acceptors (Lipinski definition) is 7. The molecule has 39 heavy (non-hydrogen) atoms. The Morgan fingerprint density at radius 1 is 1.08 bits per heavy atom. The van der Waals surface area contributed by atoms with Crippen molar-refractivity contribution < 1.29 is 19.4 Å². The molecule has 0 aliphatic rings. The van der Waals surface area contributed by atoms with Crippen LogP contribution in [0.25, 0.3) is 6.08 Å². The molecular weight excluding hydrogens is 512 g/mol. The van der Waals surface area contributed by atoms with Crippen molar-refractivity contribution in [3.8, 4) is 0 Å². The van der Waals surface area contributed by atoms with Crippen LogP contribution in [-0.4, -0.2) is 47.1 Å². The normalized spacial score (nSPS) is 10.8. The third-order valence-electron chi connectivity index (χ3n) is 5.30. The van der Waals surface area contributed by atoms with Gasteiger partial charge in [-0.15, -0.1) is 0 Å². The number of allylic oxidation sites excluding steroid dienone is 1. The molecule has 206 valence electrons. The second-order valence-electron chi connectivity index (χ2n) is 8.63. The van der Waals surface area contributed by atoms with E-state index in [2.05, 4.69) is 15.6 Å². The number of benzene rings is 2. The predicted molar refractivity (Wildman–Crippen MR) is 158 cm³/mol. The maximum absolute atomic E-state index is 12.7. The van der Waals surface area contributed by atoms with Crippen molar-refractivity contribution in [1.82, 2.24) is 10.3 Å². The van der Waals surface area contributed by atoms with Crippen LogP contribution >= 0.6 is 11.8 Å². The van der Waals surface area contributed by atoms with E-state index in [0.717, 1.165) is 9.79 Å². The van der Waals surface area contributed by atoms with E-state index in [1.807, 2.05) is 50.2 Å². The van der Waals surface area contributed by atoms with Gasteiger partial charge < -0.3 is 20.6 Å². The second kappa shape index (κ2) is 15.5. The third kappa shape index (κ3) is 9.70. The molecule has 0 radical (unpaired) electrons. The number of hydrogen-bond donors (Lipinski definition) is 4. The summed E-state index contributed by atoms with van der Waals surface area (Å²) in [5.74, 6) is -0.200. The molecule has 1 aromatic heterocycles. The first-order chi connectivity index (χ1) is 18.7. The van der Waals surface area contributed by atoms with Gasteiger partial charge in [-0.1, -0.05) is 43.8 Å². The van der Waals surface area contributed by atoms with Gasteiger partial charge in [0.1, 0.15) is 5.60 Å². The molecule has 0 unspecified atom stereocenters. The predicted octanol–water partition coefficient (Wildman–Crippen LogP) is 6.41. The van der Waals surface area contributed by atoms with Crippen LogP contribution in [0.3, 0.4) is 0 Å². The lowest BCUT2D eigenvalue weighted by Gasteiger charge is -2.24. The number of aliphatic hydroxyl groups is 1. The van der Waals surface area contributed by atoms with Gasteiger partial charge >= 0.3 is 6.09 Å². The molecule has 0 saturated carbocycles. The van der Waals surface area contributed by atoms with Gasteiger partial charge in [-0.05, 0) is 68.5 Å². The summed E-state index contributed by atoms with van der Waals surface area (Å²) in [5, 5.41) is 23.3. The Labute approximate surface area is 234 Å². The molecule has 0 atom stereocenters. The van der Waals surface area contributed by atoms with Gasteiger partial charge in [0, 0.05) is 41.6 Å². The zero-order valence-electron chi connectivity index (χ0n) is 22.9. The molecular formula is C30H36N4O4S. The van der Waals surface area contributed by atoms with Crippen molar-refractivity contribution >= 4 is 41.2 Å². The summed E-state index contributed by atoms with van der Waals surface area (Å²) in [6, 6.07) is 18.0. The van der Waals surface area contributed by atoms with Crippen molar-refractivity contribution in [1.29, 1.82) is 5.41 Å². The highest BCUT2D eigenvalue weighted by Crippen LogP contribution is 2.33. The molecule has 9 heteroatoms. The van der Waals surface area contributed by atoms with E-state index in [-0.39, 0.29) is 24.6 Å². The molecule has 2 aromatic carbocycles. The van der Waals surface area contributed by atoms with Gasteiger partial charge in [-0.25, -0.2) is 4.79 Å². The number of carbonyl (C=O) groups is 2. The highest BCUT2D eigenvalue weighted by atomic mass is 32.2. The summed E-state index contributed by atoms with van der Waals surface area (Å²) in [6.45, 7) is 7.30. The van der Waals surface area contributed by atoms with Gasteiger partial charge in [0.25, 0.3) is 5.91 Å². The summed E-state index contributed by atoms with van der Waals surface area (Å²) >= 11 is 1.37. The van der Waals surface area contributed by atoms with Crippen LogP contribution in [-0.2, 0) is 4.74 Å². The van der Waals surface area contributed by atoms with Gasteiger partial charge in [0.15, 0.2) is 0 Å². The van der Waals surface area contributed by atoms with E-state index < -0.39 is 11.7 Å². The highest BCUT2D eigenvalue weighted by molar-refractivity contribution is 7.99. The molecule has 0 bridgehead atoms. The maximum Gasteiger partial charge on any atom is 0.412 e. The van der Waals surface area contributed by atoms with Crippen LogP contribution in [0.1, 0.15) is 55.7 Å². The molecule has 1 heterocycles. The first kappa shape index (κ1) is 31.3. The van der Waals surface area contributed by atoms with Gasteiger partial charge in [-0.3, -0.25) is 15.1 Å². The molecule has 8 nitrogen and oxygen atoms in total. The Kier molecular flexibility index (Phi) is 12.4. The quantitative estimate of drug-likeness (QED) is 0.217. The zero-order chi connectivity index (χ0) is 28.8. The minimum Gasteiger partial charge on any atom is -0.443 e. The summed E-state index contributed by atoms with van der Waals surface area (Å²) in [5.41, 5.74) is 1.38. The van der Waals surface area contributed by atoms with Crippen LogP contribution in [0.4, 0.5) is 10.5 Å². The van der Waals surface area contributed by atoms with E-state index in [0.29, 0.717) is 22.5 Å². The Balaban J connectivity index is 0.00000260. The summed E-state index contributed by atoms with van der Waals surface area (Å²) < 4.78 is 5.50. The zero-order valence-corrected chi connectivity index (χ0v) is 23.8. The number of rotatable bonds is 10. The number of carbonyl (C=O) groups excluding carboxylic acids is 2. The fraction of sp³-hybridized carbons (Fsp3) is 0.267. The lowest BCUT2D eigenvalue weighted by Crippen LogP contribution is -2.31. The number of aliphatic hydroxyl groups excluding tert-OH is 1. The minimum atomic E-state index is -0.871. The monoisotopic (exact) mass is 548 g/mol. The molecule has 0 fully saturated rings. The number of anilines is 1. The molecule has 0 spiro atoms. The number of ether oxygens (including phenoxy) is 1. The highest BCUT2D eigenvalue weighted by Gasteiger charge is 2.23. The summed E-state index contributed by atoms with van der Waals surface area (Å²) in [6.07, 6.45) is 4.58. The minimum absolute atomic E-state index is 0.120. The van der Waals surface area contributed by atoms with E-state index in [1.54, 1.807) is 63.5 Å². The number of aromatic nitrogens is 1. The van der Waals surface area contributed by atoms with Crippen molar-refractivity contribution in [2.45, 2.75) is 49.5 Å². The van der Waals surface area contributed by atoms with E-state index in [9.17, 15) is 14.7 Å². The van der Waals surface area contributed by atoms with E-state index in [4.69, 9.17) is 10.1 Å². The molecule has 4 N–H and O–H groups in total. The van der Waals surface area contributed by atoms with E-state index in [1.165, 1.54) is 11.8 Å². The maximum atomic E-state index is 12.7. The van der Waals surface area contributed by atoms with Crippen LogP contribution in [0, 0.1) is 5.41 Å². The fourth-order valence-electron chi connectivity index (χ4n) is 3.37. The SMILES string of the molecule is CC.CNC(=O)c1ccccc1Sc1ccc(C(=N)/C=C/c2ccccn2)c(NC(=O)OC(C)(C)CCO)c1. The van der Waals surface area contributed by atoms with Crippen molar-refractivity contribution in [2.24, 2.45) is 0 Å². The van der Waals surface area contributed by atoms with Crippen molar-refractivity contribution in [3.05, 3.63) is 89.8 Å². The van der Waals surface area contributed by atoms with Crippen LogP contribution in [0.2, 0.25) is 0 Å². The first-order valence-electron chi connectivity index (χ1n) is 12.6. The van der Waals surface area contributed by atoms with Gasteiger partial charge in [-0.2, -0.15) is 0 Å². The molecule has 0 aliphatic carbocycles. The average molecular weight is 549 g/mol. The lowest BCUT2D eigenvalue weighted by molar-refractivity contribution is 0.0295. The first-order valence-corrected chi connectivity index (χ1v) is 13.5. The fourth-order valence-corrected chi connectivity index (χ4v) is 4.35. The Bertz CT molecular complexity index is 1290. The Hall–Kier alpha value is -3.95. The number of pyridine rings is 1. The third-order valence-corrected chi connectivity index (χ3v) is 6.36. The van der Waals surface area contributed by atoms with E-state index >= 15 is 0 Å². The number of nitrogens with zero attached hydrogens (tertiary/aromatic N) is 1. The van der Waals surface area contributed by atoms with Gasteiger partial charge in [0.2, 0.25) is 0 Å². The smallest absolute Gasteiger partial charge is 0.412 e. The van der Waals surface area contributed by atoms with Crippen LogP contribution in [0.5, 0.6) is 0 Å². The van der Waals surface area contributed by atoms with Crippen molar-refractivity contribution in [3.63, 3.8) is 0 Å².